The van der Waals surface area contributed by atoms with Crippen molar-refractivity contribution in [2.45, 2.75) is 38.0 Å². The zero-order chi connectivity index (χ0) is 26.8. The van der Waals surface area contributed by atoms with Gasteiger partial charge in [-0.25, -0.2) is 9.97 Å². The number of ether oxygens (including phenoxy) is 1. The summed E-state index contributed by atoms with van der Waals surface area (Å²) in [4.78, 5) is 35.8. The van der Waals surface area contributed by atoms with Gasteiger partial charge in [0.2, 0.25) is 5.95 Å². The Labute approximate surface area is 228 Å². The summed E-state index contributed by atoms with van der Waals surface area (Å²) in [5.74, 6) is -0.934. The van der Waals surface area contributed by atoms with Gasteiger partial charge in [-0.15, -0.1) is 11.3 Å². The van der Waals surface area contributed by atoms with Gasteiger partial charge in [-0.3, -0.25) is 14.9 Å². The van der Waals surface area contributed by atoms with E-state index in [4.69, 9.17) is 9.72 Å². The highest BCUT2D eigenvalue weighted by molar-refractivity contribution is 7.14. The van der Waals surface area contributed by atoms with E-state index in [1.807, 2.05) is 29.6 Å². The van der Waals surface area contributed by atoms with E-state index in [0.717, 1.165) is 42.9 Å². The molecular formula is C28H27FN6O3S. The standard InChI is InChI=1S/C28H27FN6O3S/c29-25-15-18(9-11-30-25)16-34-12-1-4-23(34)26(36)33-28-32-21(17-39-28)22-3-2-13-35(22)20-7-5-19(6-8-20)31-27(37)24-10-14-38-24/h1,4-9,11-12,15,17,22,24H,2-3,10,13-14,16H2,(H,31,37)(H,32,33,36)/t22-,24?/m1/s1. The quantitative estimate of drug-likeness (QED) is 0.307. The first-order valence-corrected chi connectivity index (χ1v) is 13.7. The molecule has 4 aromatic rings. The average Bonchev–Trinajstić information content (AvgIpc) is 3.64. The number of nitrogens with one attached hydrogen (secondary N) is 2. The van der Waals surface area contributed by atoms with Crippen LogP contribution in [0.2, 0.25) is 0 Å². The number of benzene rings is 1. The number of rotatable bonds is 8. The lowest BCUT2D eigenvalue weighted by Crippen LogP contribution is -2.38. The maximum Gasteiger partial charge on any atom is 0.274 e. The van der Waals surface area contributed by atoms with E-state index >= 15 is 0 Å². The maximum absolute atomic E-state index is 13.5. The molecule has 2 amide bonds. The van der Waals surface area contributed by atoms with Crippen LogP contribution in [0.1, 0.15) is 47.1 Å². The van der Waals surface area contributed by atoms with Gasteiger partial charge in [0.1, 0.15) is 11.8 Å². The number of halogens is 1. The van der Waals surface area contributed by atoms with Gasteiger partial charge in [0.05, 0.1) is 18.3 Å². The van der Waals surface area contributed by atoms with Gasteiger partial charge in [-0.05, 0) is 66.9 Å². The molecule has 6 rings (SSSR count). The van der Waals surface area contributed by atoms with Crippen molar-refractivity contribution in [2.75, 3.05) is 28.7 Å². The van der Waals surface area contributed by atoms with Crippen LogP contribution >= 0.6 is 11.3 Å². The van der Waals surface area contributed by atoms with E-state index in [2.05, 4.69) is 20.5 Å². The molecule has 2 atom stereocenters. The molecule has 2 aliphatic heterocycles. The van der Waals surface area contributed by atoms with Crippen LogP contribution in [0.4, 0.5) is 20.9 Å². The molecule has 0 radical (unpaired) electrons. The molecular weight excluding hydrogens is 519 g/mol. The summed E-state index contributed by atoms with van der Waals surface area (Å²) in [6.07, 6.45) is 5.60. The molecule has 3 aromatic heterocycles. The third kappa shape index (κ3) is 5.55. The molecule has 11 heteroatoms. The van der Waals surface area contributed by atoms with E-state index < -0.39 is 5.95 Å². The molecule has 2 N–H and O–H groups in total. The Morgan fingerprint density at radius 3 is 2.74 bits per heavy atom. The van der Waals surface area contributed by atoms with Gasteiger partial charge < -0.3 is 19.5 Å². The number of hydrogen-bond donors (Lipinski definition) is 2. The van der Waals surface area contributed by atoms with Gasteiger partial charge in [0, 0.05) is 48.7 Å². The lowest BCUT2D eigenvalue weighted by Gasteiger charge is -2.26. The predicted molar refractivity (Wildman–Crippen MR) is 147 cm³/mol. The first-order valence-electron chi connectivity index (χ1n) is 12.8. The molecule has 200 valence electrons. The highest BCUT2D eigenvalue weighted by Gasteiger charge is 2.29. The van der Waals surface area contributed by atoms with Crippen molar-refractivity contribution in [3.63, 3.8) is 0 Å². The second-order valence-corrected chi connectivity index (χ2v) is 10.4. The van der Waals surface area contributed by atoms with Crippen molar-refractivity contribution >= 4 is 39.7 Å². The summed E-state index contributed by atoms with van der Waals surface area (Å²) in [7, 11) is 0. The first kappa shape index (κ1) is 25.2. The third-order valence-corrected chi connectivity index (χ3v) is 7.78. The zero-order valence-corrected chi connectivity index (χ0v) is 21.9. The van der Waals surface area contributed by atoms with E-state index in [1.165, 1.54) is 23.6 Å². The number of pyridine rings is 1. The van der Waals surface area contributed by atoms with Crippen molar-refractivity contribution in [1.82, 2.24) is 14.5 Å². The fraction of sp³-hybridized carbons (Fsp3) is 0.286. The Hall–Kier alpha value is -4.09. The zero-order valence-electron chi connectivity index (χ0n) is 21.0. The minimum Gasteiger partial charge on any atom is -0.368 e. The number of hydrogen-bond acceptors (Lipinski definition) is 7. The Balaban J connectivity index is 1.10. The number of aromatic nitrogens is 3. The normalized spacial score (nSPS) is 18.5. The Bertz CT molecular complexity index is 1480. The van der Waals surface area contributed by atoms with Crippen LogP contribution in [0.3, 0.4) is 0 Å². The lowest BCUT2D eigenvalue weighted by molar-refractivity contribution is -0.139. The number of carbonyl (C=O) groups excluding carboxylic acids is 2. The van der Waals surface area contributed by atoms with Gasteiger partial charge in [0.25, 0.3) is 11.8 Å². The van der Waals surface area contributed by atoms with Gasteiger partial charge in [-0.2, -0.15) is 4.39 Å². The largest absolute Gasteiger partial charge is 0.368 e. The third-order valence-electron chi connectivity index (χ3n) is 7.00. The second kappa shape index (κ2) is 11.0. The SMILES string of the molecule is O=C(Nc1nc([C@H]2CCCN2c2ccc(NC(=O)C3CCO3)cc2)cs1)c1cccn1Cc1ccnc(F)c1. The molecule has 0 aliphatic carbocycles. The van der Waals surface area contributed by atoms with E-state index in [-0.39, 0.29) is 24.0 Å². The highest BCUT2D eigenvalue weighted by Crippen LogP contribution is 2.37. The number of anilines is 3. The van der Waals surface area contributed by atoms with E-state index in [9.17, 15) is 14.0 Å². The lowest BCUT2D eigenvalue weighted by atomic mass is 10.1. The molecule has 1 aromatic carbocycles. The molecule has 0 bridgehead atoms. The van der Waals surface area contributed by atoms with Crippen LogP contribution in [0.5, 0.6) is 0 Å². The van der Waals surface area contributed by atoms with Crippen molar-refractivity contribution in [1.29, 1.82) is 0 Å². The van der Waals surface area contributed by atoms with Crippen molar-refractivity contribution < 1.29 is 18.7 Å². The van der Waals surface area contributed by atoms with Gasteiger partial charge in [-0.1, -0.05) is 0 Å². The minimum absolute atomic E-state index is 0.0983. The second-order valence-electron chi connectivity index (χ2n) is 9.58. The van der Waals surface area contributed by atoms with Crippen LogP contribution in [-0.4, -0.2) is 45.6 Å². The molecule has 2 fully saturated rings. The predicted octanol–water partition coefficient (Wildman–Crippen LogP) is 4.85. The fourth-order valence-electron chi connectivity index (χ4n) is 4.94. The summed E-state index contributed by atoms with van der Waals surface area (Å²) in [5.41, 5.74) is 3.89. The fourth-order valence-corrected chi connectivity index (χ4v) is 5.69. The molecule has 2 saturated heterocycles. The van der Waals surface area contributed by atoms with Gasteiger partial charge >= 0.3 is 0 Å². The molecule has 39 heavy (non-hydrogen) atoms. The Kier molecular flexibility index (Phi) is 7.08. The van der Waals surface area contributed by atoms with Crippen molar-refractivity contribution in [2.24, 2.45) is 0 Å². The smallest absolute Gasteiger partial charge is 0.274 e. The topological polar surface area (TPSA) is 101 Å². The summed E-state index contributed by atoms with van der Waals surface area (Å²) < 4.78 is 20.5. The molecule has 0 spiro atoms. The molecule has 0 saturated carbocycles. The van der Waals surface area contributed by atoms with Crippen LogP contribution in [0, 0.1) is 5.95 Å². The number of carbonyl (C=O) groups is 2. The summed E-state index contributed by atoms with van der Waals surface area (Å²) in [6.45, 7) is 1.89. The number of amides is 2. The van der Waals surface area contributed by atoms with Gasteiger partial charge in [0.15, 0.2) is 5.13 Å². The minimum atomic E-state index is -0.552. The molecule has 1 unspecified atom stereocenters. The van der Waals surface area contributed by atoms with Crippen LogP contribution in [0.25, 0.3) is 0 Å². The summed E-state index contributed by atoms with van der Waals surface area (Å²) in [5, 5.41) is 8.34. The van der Waals surface area contributed by atoms with Crippen LogP contribution in [-0.2, 0) is 16.1 Å². The summed E-state index contributed by atoms with van der Waals surface area (Å²) in [6, 6.07) is 14.5. The molecule has 5 heterocycles. The van der Waals surface area contributed by atoms with Crippen molar-refractivity contribution in [3.8, 4) is 0 Å². The Morgan fingerprint density at radius 1 is 1.13 bits per heavy atom. The maximum atomic E-state index is 13.5. The average molecular weight is 547 g/mol. The molecule has 2 aliphatic rings. The monoisotopic (exact) mass is 546 g/mol. The van der Waals surface area contributed by atoms with E-state index in [0.29, 0.717) is 29.5 Å². The van der Waals surface area contributed by atoms with E-state index in [1.54, 1.807) is 29.0 Å². The molecule has 9 nitrogen and oxygen atoms in total. The van der Waals surface area contributed by atoms with Crippen molar-refractivity contribution in [3.05, 3.63) is 89.2 Å². The number of nitrogens with zero attached hydrogens (tertiary/aromatic N) is 4. The first-order chi connectivity index (χ1) is 19.0. The van der Waals surface area contributed by atoms with Crippen LogP contribution < -0.4 is 15.5 Å². The summed E-state index contributed by atoms with van der Waals surface area (Å²) >= 11 is 1.39. The number of thiazole rings is 1. The van der Waals surface area contributed by atoms with Crippen LogP contribution in [0.15, 0.2) is 66.3 Å². The highest BCUT2D eigenvalue weighted by atomic mass is 32.1. The Morgan fingerprint density at radius 2 is 1.97 bits per heavy atom.